The van der Waals surface area contributed by atoms with Crippen molar-refractivity contribution in [1.29, 1.82) is 5.41 Å². The van der Waals surface area contributed by atoms with Crippen LogP contribution in [0, 0.1) is 5.41 Å². The van der Waals surface area contributed by atoms with Crippen molar-refractivity contribution in [3.05, 3.63) is 35.9 Å². The fourth-order valence-corrected chi connectivity index (χ4v) is 2.67. The number of carboxylic acids is 1. The van der Waals surface area contributed by atoms with E-state index < -0.39 is 42.3 Å². The molecule has 0 aliphatic carbocycles. The van der Waals surface area contributed by atoms with Crippen molar-refractivity contribution < 1.29 is 24.3 Å². The maximum Gasteiger partial charge on any atom is 0.322 e. The average molecular weight is 435 g/mol. The molecule has 3 amide bonds. The van der Waals surface area contributed by atoms with Gasteiger partial charge in [-0.1, -0.05) is 30.3 Å². The summed E-state index contributed by atoms with van der Waals surface area (Å²) in [4.78, 5) is 47.8. The standard InChI is InChI=1S/C19H29N7O5/c20-10-15(27)25-14(9-12-5-2-1-3-6-12)18(31)26-13(7-4-8-23-19(21)22)17(30)24-11-16(28)29/h1-3,5-6,13-14H,4,7-11,20H2,(H,24,30)(H,25,27)(H,26,31)(H,28,29)(H4,21,22,23)/t13-,14-/m0/s1. The monoisotopic (exact) mass is 435 g/mol. The first-order valence-electron chi connectivity index (χ1n) is 9.64. The van der Waals surface area contributed by atoms with Gasteiger partial charge in [-0.2, -0.15) is 0 Å². The van der Waals surface area contributed by atoms with Gasteiger partial charge in [-0.3, -0.25) is 24.6 Å². The van der Waals surface area contributed by atoms with Crippen LogP contribution in [0.3, 0.4) is 0 Å². The van der Waals surface area contributed by atoms with Crippen LogP contribution in [-0.4, -0.2) is 66.5 Å². The number of amides is 3. The van der Waals surface area contributed by atoms with Crippen molar-refractivity contribution in [2.75, 3.05) is 19.6 Å². The van der Waals surface area contributed by atoms with E-state index in [1.54, 1.807) is 24.3 Å². The summed E-state index contributed by atoms with van der Waals surface area (Å²) >= 11 is 0. The molecule has 12 nitrogen and oxygen atoms in total. The number of nitrogens with two attached hydrogens (primary N) is 2. The third-order valence-corrected chi connectivity index (χ3v) is 4.15. The molecule has 0 aliphatic rings. The summed E-state index contributed by atoms with van der Waals surface area (Å²) in [5.74, 6) is -3.28. The Hall–Kier alpha value is -3.67. The van der Waals surface area contributed by atoms with E-state index in [-0.39, 0.29) is 31.9 Å². The molecule has 0 fully saturated rings. The summed E-state index contributed by atoms with van der Waals surface area (Å²) < 4.78 is 0. The minimum Gasteiger partial charge on any atom is -0.480 e. The number of aliphatic carboxylic acids is 1. The van der Waals surface area contributed by atoms with E-state index >= 15 is 0 Å². The molecule has 0 bridgehead atoms. The fourth-order valence-electron chi connectivity index (χ4n) is 2.67. The summed E-state index contributed by atoms with van der Waals surface area (Å²) in [6.07, 6.45) is 0.692. The zero-order chi connectivity index (χ0) is 23.2. The van der Waals surface area contributed by atoms with E-state index in [0.29, 0.717) is 6.42 Å². The number of benzene rings is 1. The lowest BCUT2D eigenvalue weighted by Crippen LogP contribution is -2.55. The lowest BCUT2D eigenvalue weighted by Gasteiger charge is -2.23. The molecule has 0 aromatic heterocycles. The highest BCUT2D eigenvalue weighted by atomic mass is 16.4. The number of nitrogens with one attached hydrogen (secondary N) is 5. The smallest absolute Gasteiger partial charge is 0.322 e. The van der Waals surface area contributed by atoms with Crippen LogP contribution < -0.4 is 32.7 Å². The highest BCUT2D eigenvalue weighted by Gasteiger charge is 2.26. The van der Waals surface area contributed by atoms with Crippen LogP contribution in [0.25, 0.3) is 0 Å². The second kappa shape index (κ2) is 13.5. The second-order valence-electron chi connectivity index (χ2n) is 6.67. The Labute approximate surface area is 179 Å². The van der Waals surface area contributed by atoms with Crippen molar-refractivity contribution in [3.63, 3.8) is 0 Å². The number of carboxylic acid groups (broad SMARTS) is 1. The number of guanidine groups is 1. The van der Waals surface area contributed by atoms with Gasteiger partial charge in [0.2, 0.25) is 17.7 Å². The van der Waals surface area contributed by atoms with Crippen molar-refractivity contribution in [1.82, 2.24) is 21.3 Å². The van der Waals surface area contributed by atoms with Crippen molar-refractivity contribution in [2.45, 2.75) is 31.3 Å². The lowest BCUT2D eigenvalue weighted by molar-refractivity contribution is -0.138. The predicted octanol–water partition coefficient (Wildman–Crippen LogP) is -2.38. The first-order chi connectivity index (χ1) is 14.7. The second-order valence-corrected chi connectivity index (χ2v) is 6.67. The summed E-state index contributed by atoms with van der Waals surface area (Å²) in [5.41, 5.74) is 11.3. The Morgan fingerprint density at radius 2 is 1.68 bits per heavy atom. The van der Waals surface area contributed by atoms with Gasteiger partial charge in [0.05, 0.1) is 6.54 Å². The van der Waals surface area contributed by atoms with Gasteiger partial charge in [0, 0.05) is 13.0 Å². The van der Waals surface area contributed by atoms with Gasteiger partial charge in [-0.05, 0) is 18.4 Å². The van der Waals surface area contributed by atoms with Crippen LogP contribution in [-0.2, 0) is 25.6 Å². The Morgan fingerprint density at radius 3 is 2.26 bits per heavy atom. The van der Waals surface area contributed by atoms with Crippen molar-refractivity contribution >= 4 is 29.7 Å². The number of carbonyl (C=O) groups is 4. The summed E-state index contributed by atoms with van der Waals surface area (Å²) in [5, 5.41) is 25.8. The van der Waals surface area contributed by atoms with E-state index in [0.717, 1.165) is 5.56 Å². The maximum absolute atomic E-state index is 12.9. The highest BCUT2D eigenvalue weighted by molar-refractivity contribution is 5.93. The van der Waals surface area contributed by atoms with E-state index in [1.807, 2.05) is 6.07 Å². The van der Waals surface area contributed by atoms with Crippen LogP contribution >= 0.6 is 0 Å². The van der Waals surface area contributed by atoms with Gasteiger partial charge in [-0.25, -0.2) is 0 Å². The first-order valence-corrected chi connectivity index (χ1v) is 9.64. The minimum absolute atomic E-state index is 0.153. The Balaban J connectivity index is 2.88. The zero-order valence-corrected chi connectivity index (χ0v) is 17.0. The minimum atomic E-state index is -1.23. The van der Waals surface area contributed by atoms with Crippen LogP contribution in [0.4, 0.5) is 0 Å². The summed E-state index contributed by atoms with van der Waals surface area (Å²) in [6, 6.07) is 6.95. The molecule has 1 aromatic carbocycles. The molecular formula is C19H29N7O5. The molecule has 0 radical (unpaired) electrons. The Kier molecular flexibility index (Phi) is 11.1. The molecule has 31 heavy (non-hydrogen) atoms. The van der Waals surface area contributed by atoms with Gasteiger partial charge in [-0.15, -0.1) is 0 Å². The van der Waals surface area contributed by atoms with Crippen molar-refractivity contribution in [2.24, 2.45) is 11.5 Å². The van der Waals surface area contributed by atoms with Gasteiger partial charge in [0.1, 0.15) is 18.6 Å². The molecule has 1 aromatic rings. The maximum atomic E-state index is 12.9. The first kappa shape index (κ1) is 25.4. The van der Waals surface area contributed by atoms with E-state index in [9.17, 15) is 19.2 Å². The quantitative estimate of drug-likeness (QED) is 0.0949. The molecule has 0 unspecified atom stereocenters. The lowest BCUT2D eigenvalue weighted by atomic mass is 10.0. The summed E-state index contributed by atoms with van der Waals surface area (Å²) in [7, 11) is 0. The van der Waals surface area contributed by atoms with Crippen molar-refractivity contribution in [3.8, 4) is 0 Å². The van der Waals surface area contributed by atoms with Crippen LogP contribution in [0.2, 0.25) is 0 Å². The van der Waals surface area contributed by atoms with Gasteiger partial charge in [0.15, 0.2) is 5.96 Å². The number of rotatable bonds is 13. The number of carbonyl (C=O) groups excluding carboxylic acids is 3. The number of hydrogen-bond donors (Lipinski definition) is 8. The predicted molar refractivity (Wildman–Crippen MR) is 113 cm³/mol. The molecule has 170 valence electrons. The molecule has 0 spiro atoms. The van der Waals surface area contributed by atoms with Gasteiger partial charge in [0.25, 0.3) is 0 Å². The third-order valence-electron chi connectivity index (χ3n) is 4.15. The average Bonchev–Trinajstić information content (AvgIpc) is 2.73. The van der Waals surface area contributed by atoms with Crippen LogP contribution in [0.5, 0.6) is 0 Å². The fraction of sp³-hybridized carbons (Fsp3) is 0.421. The molecule has 1 rings (SSSR count). The number of hydrogen-bond acceptors (Lipinski definition) is 6. The molecule has 0 heterocycles. The topological polar surface area (TPSA) is 213 Å². The normalized spacial score (nSPS) is 12.2. The van der Waals surface area contributed by atoms with E-state index in [2.05, 4.69) is 21.3 Å². The summed E-state index contributed by atoms with van der Waals surface area (Å²) in [6.45, 7) is -0.628. The molecule has 10 N–H and O–H groups in total. The van der Waals surface area contributed by atoms with E-state index in [4.69, 9.17) is 22.0 Å². The van der Waals surface area contributed by atoms with Crippen LogP contribution in [0.1, 0.15) is 18.4 Å². The highest BCUT2D eigenvalue weighted by Crippen LogP contribution is 2.05. The molecule has 0 aliphatic heterocycles. The molecule has 0 saturated heterocycles. The van der Waals surface area contributed by atoms with Crippen LogP contribution in [0.15, 0.2) is 30.3 Å². The SMILES string of the molecule is N=C(N)NCCC[C@H](NC(=O)[C@H](Cc1ccccc1)NC(=O)CN)C(=O)NCC(=O)O. The largest absolute Gasteiger partial charge is 0.480 e. The molecule has 2 atom stereocenters. The third kappa shape index (κ3) is 10.6. The van der Waals surface area contributed by atoms with Gasteiger partial charge < -0.3 is 37.8 Å². The zero-order valence-electron chi connectivity index (χ0n) is 17.0. The van der Waals surface area contributed by atoms with Gasteiger partial charge >= 0.3 is 5.97 Å². The molecular weight excluding hydrogens is 406 g/mol. The Morgan fingerprint density at radius 1 is 1.00 bits per heavy atom. The molecule has 0 saturated carbocycles. The van der Waals surface area contributed by atoms with E-state index in [1.165, 1.54) is 0 Å². The molecule has 12 heteroatoms. The Bertz CT molecular complexity index is 772.